The van der Waals surface area contributed by atoms with Crippen molar-refractivity contribution in [3.8, 4) is 17.1 Å². The summed E-state index contributed by atoms with van der Waals surface area (Å²) < 4.78 is 26.8. The number of rotatable bonds is 2. The molecule has 1 N–H and O–H groups in total. The first-order valence-electron chi connectivity index (χ1n) is 10.8. The number of fused-ring (bicyclic) bond motifs is 5. The van der Waals surface area contributed by atoms with Crippen LogP contribution in [0.4, 0.5) is 4.39 Å². The first kappa shape index (κ1) is 19.4. The van der Waals surface area contributed by atoms with E-state index in [2.05, 4.69) is 0 Å². The van der Waals surface area contributed by atoms with Gasteiger partial charge in [0.1, 0.15) is 6.61 Å². The Labute approximate surface area is 182 Å². The highest BCUT2D eigenvalue weighted by molar-refractivity contribution is 5.93. The van der Waals surface area contributed by atoms with Gasteiger partial charge in [-0.2, -0.15) is 0 Å². The molecule has 0 amide bonds. The molecule has 2 aliphatic heterocycles. The van der Waals surface area contributed by atoms with Crippen molar-refractivity contribution in [3.63, 3.8) is 0 Å². The molecule has 3 aliphatic rings. The molecule has 1 aromatic carbocycles. The van der Waals surface area contributed by atoms with E-state index in [1.165, 1.54) is 13.2 Å². The van der Waals surface area contributed by atoms with Crippen LogP contribution in [0, 0.1) is 5.82 Å². The van der Waals surface area contributed by atoms with Crippen molar-refractivity contribution in [2.24, 2.45) is 0 Å². The van der Waals surface area contributed by atoms with Crippen molar-refractivity contribution in [3.05, 3.63) is 56.1 Å². The van der Waals surface area contributed by atoms with Crippen LogP contribution in [0.3, 0.4) is 0 Å². The Balaban J connectivity index is 1.67. The Morgan fingerprint density at radius 2 is 2.00 bits per heavy atom. The number of benzene rings is 1. The van der Waals surface area contributed by atoms with E-state index in [0.29, 0.717) is 29.9 Å². The topological polar surface area (TPSA) is 90.7 Å². The van der Waals surface area contributed by atoms with Gasteiger partial charge in [0.2, 0.25) is 0 Å². The molecule has 3 aromatic rings. The lowest BCUT2D eigenvalue weighted by Gasteiger charge is -2.31. The van der Waals surface area contributed by atoms with Crippen LogP contribution in [0.2, 0.25) is 0 Å². The molecule has 0 saturated carbocycles. The molecule has 8 heteroatoms. The highest BCUT2D eigenvalue weighted by Crippen LogP contribution is 2.44. The summed E-state index contributed by atoms with van der Waals surface area (Å²) in [6.07, 6.45) is 2.43. The quantitative estimate of drug-likeness (QED) is 0.486. The second-order valence-electron chi connectivity index (χ2n) is 8.64. The average molecular weight is 436 g/mol. The minimum atomic E-state index is -1.87. The van der Waals surface area contributed by atoms with Gasteiger partial charge in [-0.3, -0.25) is 4.79 Å². The van der Waals surface area contributed by atoms with Gasteiger partial charge >= 0.3 is 5.97 Å². The molecule has 0 saturated heterocycles. The van der Waals surface area contributed by atoms with Gasteiger partial charge in [-0.25, -0.2) is 14.2 Å². The van der Waals surface area contributed by atoms with Crippen LogP contribution in [0.15, 0.2) is 16.9 Å². The number of cyclic esters (lactones) is 1. The Morgan fingerprint density at radius 3 is 2.75 bits per heavy atom. The van der Waals surface area contributed by atoms with E-state index in [4.69, 9.17) is 14.5 Å². The number of halogens is 1. The Morgan fingerprint density at radius 1 is 1.22 bits per heavy atom. The van der Waals surface area contributed by atoms with E-state index in [9.17, 15) is 19.1 Å². The maximum absolute atomic E-state index is 14.7. The number of hydrogen-bond acceptors (Lipinski definition) is 6. The lowest BCUT2D eigenvalue weighted by Crippen LogP contribution is -2.44. The average Bonchev–Trinajstić information content (AvgIpc) is 3.16. The fraction of sp³-hybridized carbons (Fsp3) is 0.375. The predicted molar refractivity (Wildman–Crippen MR) is 113 cm³/mol. The van der Waals surface area contributed by atoms with Gasteiger partial charge in [-0.1, -0.05) is 6.92 Å². The van der Waals surface area contributed by atoms with Gasteiger partial charge in [0, 0.05) is 28.1 Å². The van der Waals surface area contributed by atoms with Crippen LogP contribution in [0.25, 0.3) is 22.3 Å². The van der Waals surface area contributed by atoms with E-state index in [0.717, 1.165) is 34.9 Å². The monoisotopic (exact) mass is 436 g/mol. The molecule has 4 heterocycles. The Hall–Kier alpha value is -3.26. The lowest BCUT2D eigenvalue weighted by atomic mass is 9.85. The number of carbonyl (C=O) groups excluding carboxylic acids is 1. The normalized spacial score (nSPS) is 20.6. The number of aliphatic hydroxyl groups is 1. The summed E-state index contributed by atoms with van der Waals surface area (Å²) in [5.41, 5.74) is 2.86. The zero-order valence-electron chi connectivity index (χ0n) is 17.7. The third-order valence-electron chi connectivity index (χ3n) is 7.16. The van der Waals surface area contributed by atoms with E-state index in [-0.39, 0.29) is 35.5 Å². The Kier molecular flexibility index (Phi) is 3.88. The van der Waals surface area contributed by atoms with Crippen LogP contribution < -0.4 is 10.3 Å². The highest BCUT2D eigenvalue weighted by Gasteiger charge is 2.45. The molecule has 0 unspecified atom stereocenters. The van der Waals surface area contributed by atoms with Gasteiger partial charge in [-0.05, 0) is 37.3 Å². The summed E-state index contributed by atoms with van der Waals surface area (Å²) in [5.74, 6) is -0.957. The summed E-state index contributed by atoms with van der Waals surface area (Å²) in [6, 6.07) is 3.06. The largest absolute Gasteiger partial charge is 0.493 e. The number of aromatic nitrogens is 2. The first-order valence-corrected chi connectivity index (χ1v) is 10.8. The second-order valence-corrected chi connectivity index (χ2v) is 8.64. The van der Waals surface area contributed by atoms with Crippen molar-refractivity contribution in [1.82, 2.24) is 9.55 Å². The summed E-state index contributed by atoms with van der Waals surface area (Å²) in [4.78, 5) is 30.5. The zero-order chi connectivity index (χ0) is 22.4. The van der Waals surface area contributed by atoms with E-state index in [1.54, 1.807) is 17.6 Å². The maximum atomic E-state index is 14.7. The molecule has 0 bridgehead atoms. The number of ether oxygens (including phenoxy) is 2. The van der Waals surface area contributed by atoms with E-state index in [1.807, 2.05) is 0 Å². The first-order chi connectivity index (χ1) is 15.4. The highest BCUT2D eigenvalue weighted by atomic mass is 19.1. The van der Waals surface area contributed by atoms with Crippen LogP contribution in [0.1, 0.15) is 47.6 Å². The third kappa shape index (κ3) is 2.25. The summed E-state index contributed by atoms with van der Waals surface area (Å²) in [5, 5.41) is 11.9. The van der Waals surface area contributed by atoms with Crippen LogP contribution in [0.5, 0.6) is 5.75 Å². The van der Waals surface area contributed by atoms with Crippen LogP contribution in [-0.2, 0) is 41.1 Å². The molecular formula is C24H21FN2O5. The molecule has 6 rings (SSSR count). The summed E-state index contributed by atoms with van der Waals surface area (Å²) >= 11 is 0. The minimum Gasteiger partial charge on any atom is -0.493 e. The summed E-state index contributed by atoms with van der Waals surface area (Å²) in [7, 11) is 1.47. The minimum absolute atomic E-state index is 0.0827. The van der Waals surface area contributed by atoms with E-state index >= 15 is 0 Å². The maximum Gasteiger partial charge on any atom is 0.343 e. The molecule has 0 radical (unpaired) electrons. The number of methoxy groups -OCH3 is 1. The molecule has 1 atom stereocenters. The number of aryl methyl sites for hydroxylation is 2. The smallest absolute Gasteiger partial charge is 0.343 e. The van der Waals surface area contributed by atoms with Gasteiger partial charge in [0.25, 0.3) is 5.56 Å². The molecule has 0 fully saturated rings. The molecule has 7 nitrogen and oxygen atoms in total. The third-order valence-corrected chi connectivity index (χ3v) is 7.16. The van der Waals surface area contributed by atoms with Crippen molar-refractivity contribution in [1.29, 1.82) is 0 Å². The predicted octanol–water partition coefficient (Wildman–Crippen LogP) is 2.72. The van der Waals surface area contributed by atoms with Crippen molar-refractivity contribution in [2.75, 3.05) is 7.11 Å². The molecule has 0 spiro atoms. The number of hydrogen-bond donors (Lipinski definition) is 1. The van der Waals surface area contributed by atoms with Crippen LogP contribution >= 0.6 is 0 Å². The Bertz CT molecular complexity index is 1430. The number of nitrogens with zero attached hydrogens (tertiary/aromatic N) is 2. The molecule has 1 aliphatic carbocycles. The lowest BCUT2D eigenvalue weighted by molar-refractivity contribution is -0.172. The van der Waals surface area contributed by atoms with Crippen molar-refractivity contribution in [2.45, 2.75) is 51.4 Å². The summed E-state index contributed by atoms with van der Waals surface area (Å²) in [6.45, 7) is 1.84. The fourth-order valence-electron chi connectivity index (χ4n) is 5.55. The van der Waals surface area contributed by atoms with E-state index < -0.39 is 17.4 Å². The van der Waals surface area contributed by atoms with Gasteiger partial charge in [0.05, 0.1) is 36.1 Å². The number of pyridine rings is 2. The molecule has 2 aromatic heterocycles. The fourth-order valence-corrected chi connectivity index (χ4v) is 5.55. The number of esters is 1. The second kappa shape index (κ2) is 6.38. The van der Waals surface area contributed by atoms with Crippen molar-refractivity contribution < 1.29 is 23.8 Å². The number of carbonyl (C=O) groups is 1. The van der Waals surface area contributed by atoms with Gasteiger partial charge < -0.3 is 19.1 Å². The zero-order valence-corrected chi connectivity index (χ0v) is 17.7. The van der Waals surface area contributed by atoms with Gasteiger partial charge in [-0.15, -0.1) is 0 Å². The molecule has 32 heavy (non-hydrogen) atoms. The van der Waals surface area contributed by atoms with Crippen LogP contribution in [-0.4, -0.2) is 27.7 Å². The van der Waals surface area contributed by atoms with Gasteiger partial charge in [0.15, 0.2) is 17.2 Å². The standard InChI is InChI=1S/C24H21FN2O5/c1-3-24(30)15-7-18-20-13(9-27(18)22(28)14(15)10-32-23(24)29)11-5-4-6-12-19(11)17(26-20)8-16(25)21(12)31-2/h7-8,30H,3-6,9-10H2,1-2H3/t24-/m0/s1. The van der Waals surface area contributed by atoms with Crippen molar-refractivity contribution >= 4 is 16.9 Å². The molecular weight excluding hydrogens is 415 g/mol. The SMILES string of the molecule is CC[C@@]1(O)C(=O)OCc2c1cc1n(c2=O)Cc2c-1nc1cc(F)c(OC)c3c1c2CCC3. The molecule has 164 valence electrons.